The van der Waals surface area contributed by atoms with Gasteiger partial charge in [-0.05, 0) is 24.3 Å². The molecule has 2 aromatic carbocycles. The number of carbonyl (C=O) groups is 1. The first-order valence-corrected chi connectivity index (χ1v) is 8.61. The van der Waals surface area contributed by atoms with Gasteiger partial charge >= 0.3 is 0 Å². The SMILES string of the molecule is COc1ccccc1N1CCN(CC(=O)N(C)c2ccccc2)CC1. The second kappa shape index (κ2) is 8.03. The van der Waals surface area contributed by atoms with Gasteiger partial charge < -0.3 is 14.5 Å². The van der Waals surface area contributed by atoms with Crippen molar-refractivity contribution in [2.75, 3.05) is 56.7 Å². The first-order chi connectivity index (χ1) is 12.2. The van der Waals surface area contributed by atoms with Crippen molar-refractivity contribution in [3.8, 4) is 5.75 Å². The first-order valence-electron chi connectivity index (χ1n) is 8.61. The van der Waals surface area contributed by atoms with Crippen LogP contribution in [0.5, 0.6) is 5.75 Å². The van der Waals surface area contributed by atoms with E-state index in [1.54, 1.807) is 12.0 Å². The van der Waals surface area contributed by atoms with Crippen LogP contribution in [0, 0.1) is 0 Å². The fourth-order valence-electron chi connectivity index (χ4n) is 3.13. The third-order valence-electron chi connectivity index (χ3n) is 4.67. The summed E-state index contributed by atoms with van der Waals surface area (Å²) in [6, 6.07) is 17.9. The average molecular weight is 339 g/mol. The lowest BCUT2D eigenvalue weighted by Gasteiger charge is -2.36. The molecular formula is C20H25N3O2. The Morgan fingerprint density at radius 3 is 2.32 bits per heavy atom. The quantitative estimate of drug-likeness (QED) is 0.838. The Labute approximate surface area is 149 Å². The second-order valence-corrected chi connectivity index (χ2v) is 6.22. The number of methoxy groups -OCH3 is 1. The summed E-state index contributed by atoms with van der Waals surface area (Å²) in [5.41, 5.74) is 2.05. The number of nitrogens with zero attached hydrogens (tertiary/aromatic N) is 3. The Kier molecular flexibility index (Phi) is 5.56. The minimum Gasteiger partial charge on any atom is -0.495 e. The van der Waals surface area contributed by atoms with E-state index in [4.69, 9.17) is 4.74 Å². The summed E-state index contributed by atoms with van der Waals surface area (Å²) in [5, 5.41) is 0. The van der Waals surface area contributed by atoms with E-state index in [2.05, 4.69) is 15.9 Å². The van der Waals surface area contributed by atoms with Crippen LogP contribution in [0.1, 0.15) is 0 Å². The number of hydrogen-bond acceptors (Lipinski definition) is 4. The molecule has 0 bridgehead atoms. The standard InChI is InChI=1S/C20H25N3O2/c1-21(17-8-4-3-5-9-17)20(24)16-22-12-14-23(15-13-22)18-10-6-7-11-19(18)25-2/h3-11H,12-16H2,1-2H3. The average Bonchev–Trinajstić information content (AvgIpc) is 2.68. The lowest BCUT2D eigenvalue weighted by molar-refractivity contribution is -0.119. The molecule has 0 radical (unpaired) electrons. The number of hydrogen-bond donors (Lipinski definition) is 0. The van der Waals surface area contributed by atoms with E-state index in [9.17, 15) is 4.79 Å². The number of piperazine rings is 1. The Balaban J connectivity index is 1.55. The number of likely N-dealkylation sites (N-methyl/N-ethyl adjacent to an activating group) is 1. The highest BCUT2D eigenvalue weighted by atomic mass is 16.5. The highest BCUT2D eigenvalue weighted by Crippen LogP contribution is 2.28. The Bertz CT molecular complexity index is 697. The van der Waals surface area contributed by atoms with Crippen LogP contribution in [0.15, 0.2) is 54.6 Å². The van der Waals surface area contributed by atoms with Crippen LogP contribution >= 0.6 is 0 Å². The number of para-hydroxylation sites is 3. The molecule has 5 heteroatoms. The molecule has 0 unspecified atom stereocenters. The molecule has 5 nitrogen and oxygen atoms in total. The minimum atomic E-state index is 0.122. The number of benzene rings is 2. The van der Waals surface area contributed by atoms with E-state index < -0.39 is 0 Å². The van der Waals surface area contributed by atoms with Gasteiger partial charge in [-0.2, -0.15) is 0 Å². The van der Waals surface area contributed by atoms with E-state index in [0.29, 0.717) is 6.54 Å². The van der Waals surface area contributed by atoms with Crippen molar-refractivity contribution in [1.29, 1.82) is 0 Å². The van der Waals surface area contributed by atoms with Gasteiger partial charge in [-0.15, -0.1) is 0 Å². The third kappa shape index (κ3) is 4.12. The number of amides is 1. The van der Waals surface area contributed by atoms with Gasteiger partial charge in [-0.1, -0.05) is 30.3 Å². The molecule has 1 aliphatic heterocycles. The van der Waals surface area contributed by atoms with E-state index in [0.717, 1.165) is 43.3 Å². The van der Waals surface area contributed by atoms with Crippen molar-refractivity contribution in [2.45, 2.75) is 0 Å². The van der Waals surface area contributed by atoms with Gasteiger partial charge in [0.1, 0.15) is 5.75 Å². The van der Waals surface area contributed by atoms with Gasteiger partial charge in [0.25, 0.3) is 0 Å². The fraction of sp³-hybridized carbons (Fsp3) is 0.350. The predicted molar refractivity (Wildman–Crippen MR) is 101 cm³/mol. The topological polar surface area (TPSA) is 36.0 Å². The van der Waals surface area contributed by atoms with E-state index in [1.165, 1.54) is 0 Å². The van der Waals surface area contributed by atoms with Gasteiger partial charge in [-0.25, -0.2) is 0 Å². The summed E-state index contributed by atoms with van der Waals surface area (Å²) in [6.45, 7) is 3.97. The van der Waals surface area contributed by atoms with Crippen molar-refractivity contribution in [3.05, 3.63) is 54.6 Å². The van der Waals surface area contributed by atoms with Crippen LogP contribution in [-0.2, 0) is 4.79 Å². The van der Waals surface area contributed by atoms with Gasteiger partial charge in [-0.3, -0.25) is 9.69 Å². The van der Waals surface area contributed by atoms with Gasteiger partial charge in [0, 0.05) is 38.9 Å². The smallest absolute Gasteiger partial charge is 0.240 e. The molecule has 1 fully saturated rings. The molecule has 1 aliphatic rings. The molecule has 0 aromatic heterocycles. The van der Waals surface area contributed by atoms with Crippen LogP contribution in [-0.4, -0.2) is 57.7 Å². The molecule has 2 aromatic rings. The van der Waals surface area contributed by atoms with Crippen LogP contribution in [0.4, 0.5) is 11.4 Å². The predicted octanol–water partition coefficient (Wildman–Crippen LogP) is 2.48. The summed E-state index contributed by atoms with van der Waals surface area (Å²) in [6.07, 6.45) is 0. The van der Waals surface area contributed by atoms with Gasteiger partial charge in [0.15, 0.2) is 0 Å². The zero-order chi connectivity index (χ0) is 17.6. The van der Waals surface area contributed by atoms with Crippen molar-refractivity contribution >= 4 is 17.3 Å². The highest BCUT2D eigenvalue weighted by Gasteiger charge is 2.22. The molecule has 0 saturated carbocycles. The molecule has 0 aliphatic carbocycles. The number of anilines is 2. The maximum Gasteiger partial charge on any atom is 0.240 e. The fourth-order valence-corrected chi connectivity index (χ4v) is 3.13. The molecule has 3 rings (SSSR count). The highest BCUT2D eigenvalue weighted by molar-refractivity contribution is 5.94. The Morgan fingerprint density at radius 1 is 1.00 bits per heavy atom. The van der Waals surface area contributed by atoms with Gasteiger partial charge in [0.05, 0.1) is 19.3 Å². The lowest BCUT2D eigenvalue weighted by atomic mass is 10.2. The lowest BCUT2D eigenvalue weighted by Crippen LogP contribution is -2.49. The molecular weight excluding hydrogens is 314 g/mol. The maximum absolute atomic E-state index is 12.5. The Hall–Kier alpha value is -2.53. The minimum absolute atomic E-state index is 0.122. The summed E-state index contributed by atoms with van der Waals surface area (Å²) in [4.78, 5) is 18.8. The van der Waals surface area contributed by atoms with E-state index in [-0.39, 0.29) is 5.91 Å². The van der Waals surface area contributed by atoms with Crippen LogP contribution in [0.2, 0.25) is 0 Å². The summed E-state index contributed by atoms with van der Waals surface area (Å²) in [7, 11) is 3.54. The molecule has 132 valence electrons. The number of carbonyl (C=O) groups excluding carboxylic acids is 1. The third-order valence-corrected chi connectivity index (χ3v) is 4.67. The molecule has 0 spiro atoms. The second-order valence-electron chi connectivity index (χ2n) is 6.22. The van der Waals surface area contributed by atoms with E-state index in [1.807, 2.05) is 55.6 Å². The zero-order valence-electron chi connectivity index (χ0n) is 14.9. The molecule has 0 N–H and O–H groups in total. The van der Waals surface area contributed by atoms with Crippen molar-refractivity contribution in [3.63, 3.8) is 0 Å². The number of rotatable bonds is 5. The van der Waals surface area contributed by atoms with Crippen LogP contribution < -0.4 is 14.5 Å². The van der Waals surface area contributed by atoms with E-state index >= 15 is 0 Å². The molecule has 25 heavy (non-hydrogen) atoms. The largest absolute Gasteiger partial charge is 0.495 e. The number of ether oxygens (including phenoxy) is 1. The van der Waals surface area contributed by atoms with Crippen molar-refractivity contribution in [1.82, 2.24) is 4.90 Å². The first kappa shape index (κ1) is 17.3. The summed E-state index contributed by atoms with van der Waals surface area (Å²) < 4.78 is 5.45. The normalized spacial score (nSPS) is 15.0. The maximum atomic E-state index is 12.5. The monoisotopic (exact) mass is 339 g/mol. The summed E-state index contributed by atoms with van der Waals surface area (Å²) >= 11 is 0. The molecule has 0 atom stereocenters. The molecule has 1 amide bonds. The van der Waals surface area contributed by atoms with Crippen molar-refractivity contribution < 1.29 is 9.53 Å². The van der Waals surface area contributed by atoms with Crippen LogP contribution in [0.3, 0.4) is 0 Å². The van der Waals surface area contributed by atoms with Gasteiger partial charge in [0.2, 0.25) is 5.91 Å². The Morgan fingerprint density at radius 2 is 1.64 bits per heavy atom. The van der Waals surface area contributed by atoms with Crippen LogP contribution in [0.25, 0.3) is 0 Å². The molecule has 1 heterocycles. The summed E-state index contributed by atoms with van der Waals surface area (Å²) in [5.74, 6) is 1.02. The van der Waals surface area contributed by atoms with Crippen molar-refractivity contribution in [2.24, 2.45) is 0 Å². The molecule has 1 saturated heterocycles. The zero-order valence-corrected chi connectivity index (χ0v) is 14.9.